The molecule has 0 aromatic heterocycles. The lowest BCUT2D eigenvalue weighted by Gasteiger charge is -2.11. The van der Waals surface area contributed by atoms with Crippen molar-refractivity contribution < 1.29 is 19.0 Å². The predicted octanol–water partition coefficient (Wildman–Crippen LogP) is 1.95. The van der Waals surface area contributed by atoms with Crippen molar-refractivity contribution >= 4 is 5.97 Å². The topological polar surface area (TPSA) is 46.5 Å². The minimum Gasteiger partial charge on any atom is -0.497 e. The molecular weight excluding hydrogens is 199 g/mol. The predicted molar refractivity (Wildman–Crippen MR) is 51.5 cm³/mol. The highest BCUT2D eigenvalue weighted by atomic mass is 19.1. The summed E-state index contributed by atoms with van der Waals surface area (Å²) in [6.45, 7) is 0. The van der Waals surface area contributed by atoms with Gasteiger partial charge in [-0.05, 0) is 30.5 Å². The van der Waals surface area contributed by atoms with Gasteiger partial charge in [0.05, 0.1) is 12.5 Å². The lowest BCUT2D eigenvalue weighted by molar-refractivity contribution is -0.140. The number of halogens is 1. The molecule has 3 nitrogen and oxygen atoms in total. The molecule has 0 radical (unpaired) electrons. The number of hydrogen-bond donors (Lipinski definition) is 1. The van der Waals surface area contributed by atoms with Crippen molar-refractivity contribution in [1.82, 2.24) is 0 Å². The van der Waals surface area contributed by atoms with Crippen molar-refractivity contribution in [3.05, 3.63) is 29.6 Å². The molecule has 0 aliphatic heterocycles. The van der Waals surface area contributed by atoms with E-state index in [-0.39, 0.29) is 0 Å². The maximum absolute atomic E-state index is 13.2. The summed E-state index contributed by atoms with van der Waals surface area (Å²) in [6, 6.07) is 4.09. The zero-order valence-electron chi connectivity index (χ0n) is 8.29. The number of rotatable bonds is 3. The molecule has 4 heteroatoms. The number of aliphatic carboxylic acids is 1. The van der Waals surface area contributed by atoms with E-state index < -0.39 is 17.2 Å². The van der Waals surface area contributed by atoms with Crippen molar-refractivity contribution in [2.45, 2.75) is 18.3 Å². The van der Waals surface area contributed by atoms with Crippen molar-refractivity contribution in [2.24, 2.45) is 0 Å². The molecule has 1 aromatic carbocycles. The first-order valence-corrected chi connectivity index (χ1v) is 4.67. The summed E-state index contributed by atoms with van der Waals surface area (Å²) < 4.78 is 18.1. The zero-order chi connectivity index (χ0) is 11.1. The summed E-state index contributed by atoms with van der Waals surface area (Å²) in [5, 5.41) is 9.05. The van der Waals surface area contributed by atoms with E-state index in [0.29, 0.717) is 24.2 Å². The van der Waals surface area contributed by atoms with E-state index in [0.717, 1.165) is 0 Å². The Hall–Kier alpha value is -1.58. The molecule has 0 atom stereocenters. The number of benzene rings is 1. The van der Waals surface area contributed by atoms with Gasteiger partial charge in [0.1, 0.15) is 11.6 Å². The van der Waals surface area contributed by atoms with Gasteiger partial charge in [-0.15, -0.1) is 0 Å². The van der Waals surface area contributed by atoms with Gasteiger partial charge in [-0.3, -0.25) is 4.79 Å². The van der Waals surface area contributed by atoms with Crippen molar-refractivity contribution in [3.63, 3.8) is 0 Å². The number of carboxylic acid groups (broad SMARTS) is 1. The highest BCUT2D eigenvalue weighted by Crippen LogP contribution is 2.49. The molecule has 1 saturated carbocycles. The van der Waals surface area contributed by atoms with Crippen LogP contribution < -0.4 is 4.74 Å². The Balaban J connectivity index is 2.44. The standard InChI is InChI=1S/C11H11FO3/c1-15-9-5-7(4-8(12)6-9)11(2-3-11)10(13)14/h4-6H,2-3H2,1H3,(H,13,14). The summed E-state index contributed by atoms with van der Waals surface area (Å²) in [6.07, 6.45) is 1.13. The first kappa shape index (κ1) is 9.96. The van der Waals surface area contributed by atoms with Crippen LogP contribution in [0.2, 0.25) is 0 Å². The Morgan fingerprint density at radius 1 is 1.47 bits per heavy atom. The average Bonchev–Trinajstić information content (AvgIpc) is 2.97. The Labute approximate surface area is 86.5 Å². The van der Waals surface area contributed by atoms with Gasteiger partial charge in [-0.2, -0.15) is 0 Å². The summed E-state index contributed by atoms with van der Waals surface area (Å²) in [5.41, 5.74) is -0.387. The molecule has 1 aliphatic carbocycles. The van der Waals surface area contributed by atoms with Gasteiger partial charge in [-0.1, -0.05) is 0 Å². The third kappa shape index (κ3) is 1.56. The molecule has 0 spiro atoms. The maximum atomic E-state index is 13.2. The SMILES string of the molecule is COc1cc(F)cc(C2(C(=O)O)CC2)c1. The minimum absolute atomic E-state index is 0.359. The Morgan fingerprint density at radius 3 is 2.60 bits per heavy atom. The quantitative estimate of drug-likeness (QED) is 0.829. The molecule has 0 saturated heterocycles. The smallest absolute Gasteiger partial charge is 0.314 e. The van der Waals surface area contributed by atoms with E-state index in [4.69, 9.17) is 9.84 Å². The van der Waals surface area contributed by atoms with E-state index in [1.54, 1.807) is 6.07 Å². The second-order valence-electron chi connectivity index (χ2n) is 3.77. The average molecular weight is 210 g/mol. The first-order valence-electron chi connectivity index (χ1n) is 4.67. The van der Waals surface area contributed by atoms with E-state index in [1.165, 1.54) is 19.2 Å². The molecule has 0 amide bonds. The van der Waals surface area contributed by atoms with Crippen LogP contribution in [0.1, 0.15) is 18.4 Å². The van der Waals surface area contributed by atoms with Crippen LogP contribution in [-0.2, 0) is 10.2 Å². The third-order valence-electron chi connectivity index (χ3n) is 2.82. The van der Waals surface area contributed by atoms with Gasteiger partial charge in [0.15, 0.2) is 0 Å². The van der Waals surface area contributed by atoms with Gasteiger partial charge < -0.3 is 9.84 Å². The summed E-state index contributed by atoms with van der Waals surface area (Å²) in [4.78, 5) is 11.0. The van der Waals surface area contributed by atoms with Crippen LogP contribution in [0.25, 0.3) is 0 Å². The molecule has 15 heavy (non-hydrogen) atoms. The van der Waals surface area contributed by atoms with E-state index in [1.807, 2.05) is 0 Å². The van der Waals surface area contributed by atoms with Crippen molar-refractivity contribution in [2.75, 3.05) is 7.11 Å². The fourth-order valence-corrected chi connectivity index (χ4v) is 1.71. The summed E-state index contributed by atoms with van der Waals surface area (Å²) >= 11 is 0. The molecule has 1 fully saturated rings. The molecule has 0 heterocycles. The number of methoxy groups -OCH3 is 1. The lowest BCUT2D eigenvalue weighted by atomic mass is 9.96. The van der Waals surface area contributed by atoms with Crippen LogP contribution in [-0.4, -0.2) is 18.2 Å². The normalized spacial score (nSPS) is 17.2. The molecule has 0 bridgehead atoms. The van der Waals surface area contributed by atoms with Crippen LogP contribution >= 0.6 is 0 Å². The summed E-state index contributed by atoms with van der Waals surface area (Å²) in [7, 11) is 1.43. The second kappa shape index (κ2) is 3.22. The molecule has 1 N–H and O–H groups in total. The monoisotopic (exact) mass is 210 g/mol. The van der Waals surface area contributed by atoms with Gasteiger partial charge in [0.25, 0.3) is 0 Å². The second-order valence-corrected chi connectivity index (χ2v) is 3.77. The minimum atomic E-state index is -0.893. The molecule has 80 valence electrons. The fraction of sp³-hybridized carbons (Fsp3) is 0.364. The Morgan fingerprint density at radius 2 is 2.13 bits per heavy atom. The van der Waals surface area contributed by atoms with Crippen LogP contribution in [0.5, 0.6) is 5.75 Å². The van der Waals surface area contributed by atoms with Crippen molar-refractivity contribution in [1.29, 1.82) is 0 Å². The Bertz CT molecular complexity index is 410. The van der Waals surface area contributed by atoms with Gasteiger partial charge in [0, 0.05) is 6.07 Å². The molecule has 0 unspecified atom stereocenters. The molecule has 1 aliphatic rings. The molecule has 2 rings (SSSR count). The Kier molecular flexibility index (Phi) is 2.14. The van der Waals surface area contributed by atoms with Gasteiger partial charge in [-0.25, -0.2) is 4.39 Å². The van der Waals surface area contributed by atoms with Crippen LogP contribution in [0, 0.1) is 5.82 Å². The van der Waals surface area contributed by atoms with E-state index in [2.05, 4.69) is 0 Å². The largest absolute Gasteiger partial charge is 0.497 e. The van der Waals surface area contributed by atoms with E-state index >= 15 is 0 Å². The lowest BCUT2D eigenvalue weighted by Crippen LogP contribution is -2.19. The number of carboxylic acids is 1. The maximum Gasteiger partial charge on any atom is 0.314 e. The highest BCUT2D eigenvalue weighted by Gasteiger charge is 2.52. The van der Waals surface area contributed by atoms with Crippen LogP contribution in [0.15, 0.2) is 18.2 Å². The number of hydrogen-bond acceptors (Lipinski definition) is 2. The molecule has 1 aromatic rings. The summed E-state index contributed by atoms with van der Waals surface area (Å²) in [5.74, 6) is -0.996. The first-order chi connectivity index (χ1) is 7.08. The van der Waals surface area contributed by atoms with Crippen LogP contribution in [0.3, 0.4) is 0 Å². The third-order valence-corrected chi connectivity index (χ3v) is 2.82. The van der Waals surface area contributed by atoms with E-state index in [9.17, 15) is 9.18 Å². The highest BCUT2D eigenvalue weighted by molar-refractivity contribution is 5.85. The zero-order valence-corrected chi connectivity index (χ0v) is 8.29. The van der Waals surface area contributed by atoms with Crippen molar-refractivity contribution in [3.8, 4) is 5.75 Å². The number of carbonyl (C=O) groups is 1. The fourth-order valence-electron chi connectivity index (χ4n) is 1.71. The van der Waals surface area contributed by atoms with Gasteiger partial charge in [0.2, 0.25) is 0 Å². The number of ether oxygens (including phenoxy) is 1. The van der Waals surface area contributed by atoms with Crippen LogP contribution in [0.4, 0.5) is 4.39 Å². The molecular formula is C11H11FO3. The van der Waals surface area contributed by atoms with Gasteiger partial charge >= 0.3 is 5.97 Å².